The van der Waals surface area contributed by atoms with Gasteiger partial charge in [0.25, 0.3) is 0 Å². The number of pyridine rings is 1. The highest BCUT2D eigenvalue weighted by Crippen LogP contribution is 2.28. The largest absolute Gasteiger partial charge is 0.490 e. The van der Waals surface area contributed by atoms with E-state index in [9.17, 15) is 0 Å². The first-order valence-corrected chi connectivity index (χ1v) is 5.95. The van der Waals surface area contributed by atoms with Crippen molar-refractivity contribution in [3.63, 3.8) is 0 Å². The lowest BCUT2D eigenvalue weighted by Crippen LogP contribution is -2.23. The molecular formula is C13H19NO. The monoisotopic (exact) mass is 205 g/mol. The van der Waals surface area contributed by atoms with Crippen LogP contribution in [0.3, 0.4) is 0 Å². The minimum Gasteiger partial charge on any atom is -0.490 e. The number of aromatic nitrogens is 1. The average Bonchev–Trinajstić information content (AvgIpc) is 2.31. The van der Waals surface area contributed by atoms with Gasteiger partial charge in [0.15, 0.2) is 0 Å². The van der Waals surface area contributed by atoms with Crippen LogP contribution >= 0.6 is 0 Å². The molecule has 2 heteroatoms. The van der Waals surface area contributed by atoms with Gasteiger partial charge in [-0.25, -0.2) is 0 Å². The lowest BCUT2D eigenvalue weighted by Gasteiger charge is -2.28. The normalized spacial score (nSPS) is 26.2. The Kier molecular flexibility index (Phi) is 3.59. The fourth-order valence-corrected chi connectivity index (χ4v) is 2.27. The van der Waals surface area contributed by atoms with Crippen LogP contribution in [-0.2, 0) is 0 Å². The van der Waals surface area contributed by atoms with Gasteiger partial charge in [0.1, 0.15) is 5.75 Å². The summed E-state index contributed by atoms with van der Waals surface area (Å²) < 4.78 is 5.91. The summed E-state index contributed by atoms with van der Waals surface area (Å²) in [7, 11) is 0. The highest BCUT2D eigenvalue weighted by molar-refractivity contribution is 5.17. The zero-order chi connectivity index (χ0) is 10.5. The van der Waals surface area contributed by atoms with Crippen molar-refractivity contribution in [2.45, 2.75) is 45.1 Å². The summed E-state index contributed by atoms with van der Waals surface area (Å²) in [6, 6.07) is 3.87. The molecule has 0 amide bonds. The van der Waals surface area contributed by atoms with Crippen molar-refractivity contribution in [3.8, 4) is 5.75 Å². The molecule has 82 valence electrons. The van der Waals surface area contributed by atoms with Crippen molar-refractivity contribution in [2.75, 3.05) is 0 Å². The molecule has 1 aromatic rings. The molecule has 0 aliphatic heterocycles. The quantitative estimate of drug-likeness (QED) is 0.754. The van der Waals surface area contributed by atoms with E-state index in [0.29, 0.717) is 6.10 Å². The Balaban J connectivity index is 1.82. The van der Waals surface area contributed by atoms with Gasteiger partial charge in [-0.1, -0.05) is 13.3 Å². The van der Waals surface area contributed by atoms with Crippen molar-refractivity contribution >= 4 is 0 Å². The van der Waals surface area contributed by atoms with Crippen molar-refractivity contribution in [3.05, 3.63) is 24.5 Å². The maximum atomic E-state index is 5.91. The summed E-state index contributed by atoms with van der Waals surface area (Å²) in [5, 5.41) is 0. The second-order valence-corrected chi connectivity index (χ2v) is 4.35. The van der Waals surface area contributed by atoms with Gasteiger partial charge in [-0.3, -0.25) is 4.98 Å². The predicted molar refractivity (Wildman–Crippen MR) is 60.9 cm³/mol. The smallest absolute Gasteiger partial charge is 0.122 e. The predicted octanol–water partition coefficient (Wildman–Crippen LogP) is 3.43. The third-order valence-electron chi connectivity index (χ3n) is 3.32. The van der Waals surface area contributed by atoms with E-state index in [1.807, 2.05) is 12.1 Å². The number of hydrogen-bond donors (Lipinski definition) is 0. The molecule has 1 aliphatic rings. The minimum absolute atomic E-state index is 0.426. The fraction of sp³-hybridized carbons (Fsp3) is 0.615. The third kappa shape index (κ3) is 2.95. The van der Waals surface area contributed by atoms with E-state index in [0.717, 1.165) is 11.7 Å². The van der Waals surface area contributed by atoms with E-state index in [1.54, 1.807) is 12.4 Å². The second kappa shape index (κ2) is 5.15. The molecule has 2 rings (SSSR count). The van der Waals surface area contributed by atoms with E-state index in [1.165, 1.54) is 32.1 Å². The van der Waals surface area contributed by atoms with Crippen LogP contribution in [0.1, 0.15) is 39.0 Å². The van der Waals surface area contributed by atoms with Crippen LogP contribution in [0.5, 0.6) is 5.75 Å². The van der Waals surface area contributed by atoms with Crippen LogP contribution in [0.25, 0.3) is 0 Å². The van der Waals surface area contributed by atoms with Gasteiger partial charge in [0, 0.05) is 12.4 Å². The van der Waals surface area contributed by atoms with Crippen LogP contribution in [0.2, 0.25) is 0 Å². The molecule has 0 aromatic carbocycles. The molecule has 0 atom stereocenters. The van der Waals surface area contributed by atoms with Gasteiger partial charge in [0.2, 0.25) is 0 Å². The third-order valence-corrected chi connectivity index (χ3v) is 3.32. The fourth-order valence-electron chi connectivity index (χ4n) is 2.27. The Hall–Kier alpha value is -1.05. The molecule has 1 aliphatic carbocycles. The van der Waals surface area contributed by atoms with E-state index in [-0.39, 0.29) is 0 Å². The molecular weight excluding hydrogens is 186 g/mol. The van der Waals surface area contributed by atoms with E-state index in [2.05, 4.69) is 11.9 Å². The second-order valence-electron chi connectivity index (χ2n) is 4.35. The van der Waals surface area contributed by atoms with Crippen LogP contribution in [-0.4, -0.2) is 11.1 Å². The molecule has 1 heterocycles. The maximum Gasteiger partial charge on any atom is 0.122 e. The maximum absolute atomic E-state index is 5.91. The Morgan fingerprint density at radius 2 is 1.87 bits per heavy atom. The number of hydrogen-bond acceptors (Lipinski definition) is 2. The van der Waals surface area contributed by atoms with E-state index >= 15 is 0 Å². The lowest BCUT2D eigenvalue weighted by molar-refractivity contribution is 0.130. The molecule has 1 aromatic heterocycles. The van der Waals surface area contributed by atoms with Crippen molar-refractivity contribution in [1.29, 1.82) is 0 Å². The molecule has 0 spiro atoms. The minimum atomic E-state index is 0.426. The molecule has 1 fully saturated rings. The van der Waals surface area contributed by atoms with E-state index in [4.69, 9.17) is 4.74 Å². The first kappa shape index (κ1) is 10.5. The first-order chi connectivity index (χ1) is 7.38. The van der Waals surface area contributed by atoms with Crippen molar-refractivity contribution in [1.82, 2.24) is 4.98 Å². The van der Waals surface area contributed by atoms with Crippen LogP contribution < -0.4 is 4.74 Å². The van der Waals surface area contributed by atoms with Crippen molar-refractivity contribution in [2.24, 2.45) is 5.92 Å². The van der Waals surface area contributed by atoms with Gasteiger partial charge >= 0.3 is 0 Å². The molecule has 2 nitrogen and oxygen atoms in total. The van der Waals surface area contributed by atoms with Gasteiger partial charge in [-0.2, -0.15) is 0 Å². The zero-order valence-electron chi connectivity index (χ0n) is 9.36. The standard InChI is InChI=1S/C13H19NO/c1-2-11-3-5-12(6-4-11)15-13-7-9-14-10-8-13/h7-12H,2-6H2,1H3/t11-,12+. The average molecular weight is 205 g/mol. The lowest BCUT2D eigenvalue weighted by atomic mass is 9.86. The van der Waals surface area contributed by atoms with Gasteiger partial charge in [-0.15, -0.1) is 0 Å². The molecule has 0 saturated heterocycles. The van der Waals surface area contributed by atoms with Gasteiger partial charge in [-0.05, 0) is 43.7 Å². The number of nitrogens with zero attached hydrogens (tertiary/aromatic N) is 1. The van der Waals surface area contributed by atoms with Crippen LogP contribution in [0.15, 0.2) is 24.5 Å². The molecule has 0 unspecified atom stereocenters. The number of ether oxygens (including phenoxy) is 1. The summed E-state index contributed by atoms with van der Waals surface area (Å²) in [5.74, 6) is 1.90. The van der Waals surface area contributed by atoms with Crippen LogP contribution in [0.4, 0.5) is 0 Å². The zero-order valence-corrected chi connectivity index (χ0v) is 9.36. The Morgan fingerprint density at radius 1 is 1.20 bits per heavy atom. The van der Waals surface area contributed by atoms with Gasteiger partial charge in [0.05, 0.1) is 6.10 Å². The summed E-state index contributed by atoms with van der Waals surface area (Å²) in [6.45, 7) is 2.29. The topological polar surface area (TPSA) is 22.1 Å². The molecule has 0 radical (unpaired) electrons. The SMILES string of the molecule is CC[C@H]1CC[C@@H](Oc2ccncc2)CC1. The highest BCUT2D eigenvalue weighted by Gasteiger charge is 2.20. The molecule has 1 saturated carbocycles. The summed E-state index contributed by atoms with van der Waals surface area (Å²) >= 11 is 0. The van der Waals surface area contributed by atoms with E-state index < -0.39 is 0 Å². The summed E-state index contributed by atoms with van der Waals surface area (Å²) in [5.41, 5.74) is 0. The molecule has 0 bridgehead atoms. The Morgan fingerprint density at radius 3 is 2.47 bits per heavy atom. The van der Waals surface area contributed by atoms with Crippen molar-refractivity contribution < 1.29 is 4.74 Å². The molecule has 0 N–H and O–H groups in total. The molecule has 15 heavy (non-hydrogen) atoms. The number of rotatable bonds is 3. The Labute approximate surface area is 91.7 Å². The summed E-state index contributed by atoms with van der Waals surface area (Å²) in [4.78, 5) is 3.98. The summed E-state index contributed by atoms with van der Waals surface area (Å²) in [6.07, 6.45) is 10.4. The Bertz CT molecular complexity index is 278. The van der Waals surface area contributed by atoms with Crippen LogP contribution in [0, 0.1) is 5.92 Å². The highest BCUT2D eigenvalue weighted by atomic mass is 16.5. The first-order valence-electron chi connectivity index (χ1n) is 5.95. The van der Waals surface area contributed by atoms with Gasteiger partial charge < -0.3 is 4.74 Å².